The van der Waals surface area contributed by atoms with Crippen LogP contribution in [0.4, 0.5) is 8.78 Å². The fraction of sp³-hybridized carbons (Fsp3) is 0.300. The number of Topliss-reactive ketones (excluding diaryl/α,β-unsaturated/α-hetero) is 1. The van der Waals surface area contributed by atoms with Crippen LogP contribution in [0.1, 0.15) is 24.2 Å². The van der Waals surface area contributed by atoms with Crippen molar-refractivity contribution in [2.75, 3.05) is 6.61 Å². The molecule has 0 aliphatic heterocycles. The molecule has 0 fully saturated rings. The molecule has 0 atom stereocenters. The number of carbonyl (C=O) groups excluding carboxylic acids is 1. The van der Waals surface area contributed by atoms with E-state index in [4.69, 9.17) is 16.3 Å². The van der Waals surface area contributed by atoms with E-state index in [9.17, 15) is 13.6 Å². The molecule has 0 unspecified atom stereocenters. The van der Waals surface area contributed by atoms with Gasteiger partial charge in [-0.2, -0.15) is 0 Å². The summed E-state index contributed by atoms with van der Waals surface area (Å²) in [4.78, 5) is 11.1. The zero-order chi connectivity index (χ0) is 11.6. The Morgan fingerprint density at radius 1 is 1.53 bits per heavy atom. The van der Waals surface area contributed by atoms with E-state index >= 15 is 0 Å². The molecule has 0 aromatic heterocycles. The first-order valence-electron chi connectivity index (χ1n) is 4.30. The van der Waals surface area contributed by atoms with Gasteiger partial charge in [0.15, 0.2) is 23.2 Å². The molecule has 0 saturated heterocycles. The fourth-order valence-electron chi connectivity index (χ4n) is 1.18. The molecule has 0 amide bonds. The van der Waals surface area contributed by atoms with Crippen LogP contribution < -0.4 is 4.74 Å². The topological polar surface area (TPSA) is 26.3 Å². The largest absolute Gasteiger partial charge is 0.491 e. The molecule has 0 heterocycles. The normalized spacial score (nSPS) is 10.2. The van der Waals surface area contributed by atoms with Crippen LogP contribution in [0.5, 0.6) is 5.75 Å². The third-order valence-corrected chi connectivity index (χ3v) is 2.05. The van der Waals surface area contributed by atoms with E-state index in [0.29, 0.717) is 0 Å². The van der Waals surface area contributed by atoms with Crippen LogP contribution in [0.2, 0.25) is 5.02 Å². The van der Waals surface area contributed by atoms with Gasteiger partial charge in [0.2, 0.25) is 0 Å². The molecule has 0 spiro atoms. The van der Waals surface area contributed by atoms with Crippen LogP contribution in [0.25, 0.3) is 0 Å². The first-order chi connectivity index (χ1) is 6.99. The standard InChI is InChI=1S/C10H9ClF2O2/c1-3-15-10-6(11)4-7(12)9(13)8(10)5(2)14/h4H,3H2,1-2H3. The van der Waals surface area contributed by atoms with Gasteiger partial charge in [-0.1, -0.05) is 11.6 Å². The average molecular weight is 235 g/mol. The number of rotatable bonds is 3. The number of halogens is 3. The van der Waals surface area contributed by atoms with Gasteiger partial charge >= 0.3 is 0 Å². The lowest BCUT2D eigenvalue weighted by atomic mass is 10.1. The van der Waals surface area contributed by atoms with E-state index in [0.717, 1.165) is 13.0 Å². The molecule has 15 heavy (non-hydrogen) atoms. The molecular weight excluding hydrogens is 226 g/mol. The van der Waals surface area contributed by atoms with Gasteiger partial charge < -0.3 is 4.74 Å². The van der Waals surface area contributed by atoms with E-state index < -0.39 is 23.0 Å². The van der Waals surface area contributed by atoms with Crippen molar-refractivity contribution in [2.24, 2.45) is 0 Å². The zero-order valence-corrected chi connectivity index (χ0v) is 8.99. The summed E-state index contributed by atoms with van der Waals surface area (Å²) in [7, 11) is 0. The monoisotopic (exact) mass is 234 g/mol. The molecule has 0 N–H and O–H groups in total. The lowest BCUT2D eigenvalue weighted by Crippen LogP contribution is -2.06. The van der Waals surface area contributed by atoms with Crippen molar-refractivity contribution >= 4 is 17.4 Å². The molecule has 1 rings (SSSR count). The molecule has 82 valence electrons. The van der Waals surface area contributed by atoms with Crippen LogP contribution >= 0.6 is 11.6 Å². The van der Waals surface area contributed by atoms with Gasteiger partial charge in [0.1, 0.15) is 0 Å². The van der Waals surface area contributed by atoms with Crippen molar-refractivity contribution in [1.82, 2.24) is 0 Å². The summed E-state index contributed by atoms with van der Waals surface area (Å²) in [6, 6.07) is 0.786. The minimum absolute atomic E-state index is 0.106. The van der Waals surface area contributed by atoms with Crippen LogP contribution in [-0.2, 0) is 0 Å². The molecule has 0 aliphatic carbocycles. The van der Waals surface area contributed by atoms with Crippen molar-refractivity contribution in [3.05, 3.63) is 28.3 Å². The maximum Gasteiger partial charge on any atom is 0.173 e. The van der Waals surface area contributed by atoms with E-state index in [-0.39, 0.29) is 17.4 Å². The lowest BCUT2D eigenvalue weighted by molar-refractivity contribution is 0.100. The summed E-state index contributed by atoms with van der Waals surface area (Å²) in [5.41, 5.74) is -0.443. The summed E-state index contributed by atoms with van der Waals surface area (Å²) in [6.45, 7) is 2.99. The predicted octanol–water partition coefficient (Wildman–Crippen LogP) is 3.22. The third-order valence-electron chi connectivity index (χ3n) is 1.77. The average Bonchev–Trinajstić information content (AvgIpc) is 2.14. The summed E-state index contributed by atoms with van der Waals surface area (Å²) >= 11 is 5.65. The summed E-state index contributed by atoms with van der Waals surface area (Å²) in [5, 5.41) is -0.110. The van der Waals surface area contributed by atoms with Crippen LogP contribution in [0, 0.1) is 11.6 Å². The second-order valence-electron chi connectivity index (χ2n) is 2.85. The van der Waals surface area contributed by atoms with Gasteiger partial charge in [0.05, 0.1) is 17.2 Å². The Bertz CT molecular complexity index is 405. The summed E-state index contributed by atoms with van der Waals surface area (Å²) < 4.78 is 31.2. The van der Waals surface area contributed by atoms with Gasteiger partial charge in [0, 0.05) is 0 Å². The Balaban J connectivity index is 3.47. The van der Waals surface area contributed by atoms with Crippen molar-refractivity contribution in [3.8, 4) is 5.75 Å². The Kier molecular flexibility index (Phi) is 3.63. The van der Waals surface area contributed by atoms with Crippen LogP contribution in [-0.4, -0.2) is 12.4 Å². The molecular formula is C10H9ClF2O2. The second kappa shape index (κ2) is 4.57. The number of ketones is 1. The van der Waals surface area contributed by atoms with Gasteiger partial charge in [-0.25, -0.2) is 8.78 Å². The van der Waals surface area contributed by atoms with E-state index in [1.807, 2.05) is 0 Å². The van der Waals surface area contributed by atoms with Crippen molar-refractivity contribution in [1.29, 1.82) is 0 Å². The maximum absolute atomic E-state index is 13.3. The molecule has 2 nitrogen and oxygen atoms in total. The van der Waals surface area contributed by atoms with Crippen molar-refractivity contribution < 1.29 is 18.3 Å². The number of carbonyl (C=O) groups is 1. The Hall–Kier alpha value is -1.16. The first-order valence-corrected chi connectivity index (χ1v) is 4.68. The molecule has 1 aromatic rings. The summed E-state index contributed by atoms with van der Waals surface area (Å²) in [6.07, 6.45) is 0. The minimum Gasteiger partial charge on any atom is -0.491 e. The zero-order valence-electron chi connectivity index (χ0n) is 8.23. The van der Waals surface area contributed by atoms with Gasteiger partial charge in [-0.15, -0.1) is 0 Å². The quantitative estimate of drug-likeness (QED) is 0.593. The van der Waals surface area contributed by atoms with Gasteiger partial charge in [-0.05, 0) is 19.9 Å². The highest BCUT2D eigenvalue weighted by atomic mass is 35.5. The second-order valence-corrected chi connectivity index (χ2v) is 3.25. The maximum atomic E-state index is 13.3. The number of hydrogen-bond donors (Lipinski definition) is 0. The predicted molar refractivity (Wildman–Crippen MR) is 52.5 cm³/mol. The molecule has 0 aliphatic rings. The molecule has 0 bridgehead atoms. The minimum atomic E-state index is -1.23. The van der Waals surface area contributed by atoms with Crippen LogP contribution in [0.15, 0.2) is 6.07 Å². The highest BCUT2D eigenvalue weighted by Crippen LogP contribution is 2.32. The lowest BCUT2D eigenvalue weighted by Gasteiger charge is -2.11. The highest BCUT2D eigenvalue weighted by molar-refractivity contribution is 6.32. The molecule has 5 heteroatoms. The Morgan fingerprint density at radius 2 is 2.13 bits per heavy atom. The first kappa shape index (κ1) is 11.9. The van der Waals surface area contributed by atoms with Crippen molar-refractivity contribution in [2.45, 2.75) is 13.8 Å². The number of benzene rings is 1. The van der Waals surface area contributed by atoms with E-state index in [1.165, 1.54) is 0 Å². The SMILES string of the molecule is CCOc1c(Cl)cc(F)c(F)c1C(C)=O. The Labute approximate surface area is 90.8 Å². The van der Waals surface area contributed by atoms with E-state index in [1.54, 1.807) is 6.92 Å². The molecule has 1 aromatic carbocycles. The molecule has 0 saturated carbocycles. The third kappa shape index (κ3) is 2.26. The van der Waals surface area contributed by atoms with Gasteiger partial charge in [-0.3, -0.25) is 4.79 Å². The number of hydrogen-bond acceptors (Lipinski definition) is 2. The number of ether oxygens (including phenoxy) is 1. The van der Waals surface area contributed by atoms with Crippen LogP contribution in [0.3, 0.4) is 0 Å². The summed E-state index contributed by atoms with van der Waals surface area (Å²) in [5.74, 6) is -3.12. The van der Waals surface area contributed by atoms with E-state index in [2.05, 4.69) is 0 Å². The Morgan fingerprint density at radius 3 is 2.60 bits per heavy atom. The smallest absolute Gasteiger partial charge is 0.173 e. The highest BCUT2D eigenvalue weighted by Gasteiger charge is 2.21. The van der Waals surface area contributed by atoms with Crippen molar-refractivity contribution in [3.63, 3.8) is 0 Å². The fourth-order valence-corrected chi connectivity index (χ4v) is 1.42. The molecule has 0 radical (unpaired) electrons. The van der Waals surface area contributed by atoms with Gasteiger partial charge in [0.25, 0.3) is 0 Å².